The number of hydrogen-bond donors (Lipinski definition) is 0. The van der Waals surface area contributed by atoms with Crippen LogP contribution in [0, 0.1) is 17.6 Å². The minimum Gasteiger partial charge on any atom is -0.458 e. The summed E-state index contributed by atoms with van der Waals surface area (Å²) in [6.45, 7) is 5.36. The highest BCUT2D eigenvalue weighted by Gasteiger charge is 2.27. The normalized spacial score (nSPS) is 12.8. The van der Waals surface area contributed by atoms with E-state index < -0.39 is 23.2 Å². The lowest BCUT2D eigenvalue weighted by atomic mass is 10.1. The zero-order valence-corrected chi connectivity index (χ0v) is 13.8. The van der Waals surface area contributed by atoms with Crippen molar-refractivity contribution >= 4 is 22.8 Å². The first-order valence-electron chi connectivity index (χ1n) is 7.64. The van der Waals surface area contributed by atoms with Gasteiger partial charge in [0.15, 0.2) is 17.3 Å². The molecule has 2 aromatic rings. The second-order valence-corrected chi connectivity index (χ2v) is 5.69. The van der Waals surface area contributed by atoms with Crippen molar-refractivity contribution in [2.75, 3.05) is 6.61 Å². The molecule has 0 N–H and O–H groups in total. The molecule has 25 heavy (non-hydrogen) atoms. The van der Waals surface area contributed by atoms with Crippen molar-refractivity contribution in [1.82, 2.24) is 4.57 Å². The van der Waals surface area contributed by atoms with Crippen LogP contribution in [0.4, 0.5) is 13.6 Å². The van der Waals surface area contributed by atoms with Crippen LogP contribution < -0.4 is 14.9 Å². The molecule has 0 atom stereocenters. The fourth-order valence-corrected chi connectivity index (χ4v) is 2.59. The van der Waals surface area contributed by atoms with Gasteiger partial charge in [-0.1, -0.05) is 13.8 Å². The monoisotopic (exact) mass is 351 g/mol. The number of nitrogens with zero attached hydrogens (tertiary/aromatic N) is 1. The third-order valence-corrected chi connectivity index (χ3v) is 3.73. The fourth-order valence-electron chi connectivity index (χ4n) is 2.59. The molecule has 132 valence electrons. The zero-order valence-electron chi connectivity index (χ0n) is 13.8. The Labute approximate surface area is 141 Å². The van der Waals surface area contributed by atoms with Gasteiger partial charge < -0.3 is 18.8 Å². The lowest BCUT2D eigenvalue weighted by molar-refractivity contribution is 0.104. The van der Waals surface area contributed by atoms with E-state index >= 15 is 0 Å². The predicted octanol–water partition coefficient (Wildman–Crippen LogP) is 3.66. The smallest absolute Gasteiger partial charge is 0.458 e. The van der Waals surface area contributed by atoms with Gasteiger partial charge in [0.25, 0.3) is 0 Å². The van der Waals surface area contributed by atoms with Gasteiger partial charge in [-0.15, -0.1) is 0 Å². The second-order valence-electron chi connectivity index (χ2n) is 5.69. The van der Waals surface area contributed by atoms with Crippen molar-refractivity contribution in [3.8, 4) is 11.5 Å². The first kappa shape index (κ1) is 16.9. The van der Waals surface area contributed by atoms with Crippen LogP contribution in [0.25, 0.3) is 16.6 Å². The van der Waals surface area contributed by atoms with Gasteiger partial charge in [-0.25, -0.2) is 9.18 Å². The molecule has 1 aromatic heterocycles. The average molecular weight is 351 g/mol. The molecule has 0 saturated heterocycles. The highest BCUT2D eigenvalue weighted by molar-refractivity contribution is 5.90. The maximum absolute atomic E-state index is 14.1. The SMILES string of the molecule is CCOC(=O)Oc1cn2c3c(c(F)c(F)cc3c1=O)OC=C2C(C)C. The van der Waals surface area contributed by atoms with Crippen LogP contribution >= 0.6 is 0 Å². The zero-order chi connectivity index (χ0) is 18.3. The summed E-state index contributed by atoms with van der Waals surface area (Å²) in [5.74, 6) is -3.24. The number of aromatic nitrogens is 1. The van der Waals surface area contributed by atoms with Gasteiger partial charge in [0.1, 0.15) is 11.8 Å². The summed E-state index contributed by atoms with van der Waals surface area (Å²) in [5, 5.41) is -0.165. The van der Waals surface area contributed by atoms with Crippen molar-refractivity contribution < 1.29 is 27.8 Å². The highest BCUT2D eigenvalue weighted by Crippen LogP contribution is 2.37. The molecule has 8 heteroatoms. The fraction of sp³-hybridized carbons (Fsp3) is 0.294. The summed E-state index contributed by atoms with van der Waals surface area (Å²) in [7, 11) is 0. The first-order chi connectivity index (χ1) is 11.8. The summed E-state index contributed by atoms with van der Waals surface area (Å²) in [4.78, 5) is 24.1. The minimum atomic E-state index is -1.24. The van der Waals surface area contributed by atoms with Crippen LogP contribution in [0.2, 0.25) is 0 Å². The third-order valence-electron chi connectivity index (χ3n) is 3.73. The van der Waals surface area contributed by atoms with E-state index in [0.29, 0.717) is 5.70 Å². The number of hydrogen-bond acceptors (Lipinski definition) is 5. The lowest BCUT2D eigenvalue weighted by Gasteiger charge is -2.24. The van der Waals surface area contributed by atoms with Crippen LogP contribution in [0.5, 0.6) is 11.5 Å². The van der Waals surface area contributed by atoms with Crippen molar-refractivity contribution in [2.24, 2.45) is 5.92 Å². The first-order valence-corrected chi connectivity index (χ1v) is 7.64. The van der Waals surface area contributed by atoms with Gasteiger partial charge >= 0.3 is 6.16 Å². The summed E-state index contributed by atoms with van der Waals surface area (Å²) < 4.78 is 44.2. The summed E-state index contributed by atoms with van der Waals surface area (Å²) in [5.41, 5.74) is -0.114. The van der Waals surface area contributed by atoms with Gasteiger partial charge in [-0.2, -0.15) is 4.39 Å². The molecule has 0 radical (unpaired) electrons. The molecule has 3 rings (SSSR count). The molecule has 1 aliphatic heterocycles. The number of allylic oxidation sites excluding steroid dienone is 1. The molecule has 0 spiro atoms. The molecular formula is C17H15F2NO5. The number of carbonyl (C=O) groups excluding carboxylic acids is 1. The van der Waals surface area contributed by atoms with E-state index in [1.54, 1.807) is 6.92 Å². The lowest BCUT2D eigenvalue weighted by Crippen LogP contribution is -2.21. The van der Waals surface area contributed by atoms with Gasteiger partial charge in [-0.3, -0.25) is 4.79 Å². The van der Waals surface area contributed by atoms with Gasteiger partial charge in [0, 0.05) is 0 Å². The van der Waals surface area contributed by atoms with E-state index in [4.69, 9.17) is 9.47 Å². The maximum Gasteiger partial charge on any atom is 0.514 e. The quantitative estimate of drug-likeness (QED) is 0.790. The highest BCUT2D eigenvalue weighted by atomic mass is 19.2. The molecule has 6 nitrogen and oxygen atoms in total. The Hall–Kier alpha value is -2.90. The Balaban J connectivity index is 2.31. The number of halogens is 2. The molecule has 1 aromatic carbocycles. The number of rotatable bonds is 3. The Morgan fingerprint density at radius 2 is 2.08 bits per heavy atom. The Kier molecular flexibility index (Phi) is 4.20. The van der Waals surface area contributed by atoms with Gasteiger partial charge in [0.2, 0.25) is 11.2 Å². The summed E-state index contributed by atoms with van der Waals surface area (Å²) >= 11 is 0. The van der Waals surface area contributed by atoms with E-state index in [2.05, 4.69) is 4.74 Å². The van der Waals surface area contributed by atoms with Gasteiger partial charge in [0.05, 0.1) is 23.9 Å². The second kappa shape index (κ2) is 6.19. The standard InChI is InChI=1S/C17H15F2NO5/c1-4-23-17(22)25-12-6-20-11(8(2)3)7-24-16-13(19)10(18)5-9(14(16)20)15(12)21/h5-8H,4H2,1-3H3. The van der Waals surface area contributed by atoms with E-state index in [-0.39, 0.29) is 34.9 Å². The van der Waals surface area contributed by atoms with Gasteiger partial charge in [-0.05, 0) is 18.9 Å². The van der Waals surface area contributed by atoms with Crippen LogP contribution in [0.1, 0.15) is 20.8 Å². The molecule has 0 saturated carbocycles. The minimum absolute atomic E-state index is 0.0651. The van der Waals surface area contributed by atoms with E-state index in [0.717, 1.165) is 6.07 Å². The van der Waals surface area contributed by atoms with Crippen LogP contribution in [-0.2, 0) is 4.74 Å². The molecule has 0 amide bonds. The van der Waals surface area contributed by atoms with Crippen LogP contribution in [0.15, 0.2) is 23.3 Å². The van der Waals surface area contributed by atoms with Crippen molar-refractivity contribution in [2.45, 2.75) is 20.8 Å². The number of pyridine rings is 1. The molecule has 0 fully saturated rings. The van der Waals surface area contributed by atoms with Crippen LogP contribution in [-0.4, -0.2) is 17.3 Å². The number of carbonyl (C=O) groups is 1. The molecule has 0 bridgehead atoms. The predicted molar refractivity (Wildman–Crippen MR) is 85.5 cm³/mol. The Bertz CT molecular complexity index is 962. The third kappa shape index (κ3) is 2.73. The van der Waals surface area contributed by atoms with Crippen molar-refractivity contribution in [3.63, 3.8) is 0 Å². The summed E-state index contributed by atoms with van der Waals surface area (Å²) in [6, 6.07) is 0.762. The summed E-state index contributed by atoms with van der Waals surface area (Å²) in [6.07, 6.45) is 1.46. The Morgan fingerprint density at radius 3 is 2.72 bits per heavy atom. The van der Waals surface area contributed by atoms with Crippen LogP contribution in [0.3, 0.4) is 0 Å². The topological polar surface area (TPSA) is 66.8 Å². The number of ether oxygens (including phenoxy) is 3. The molecule has 1 aliphatic rings. The maximum atomic E-state index is 14.1. The van der Waals surface area contributed by atoms with Crippen molar-refractivity contribution in [1.29, 1.82) is 0 Å². The van der Waals surface area contributed by atoms with E-state index in [1.807, 2.05) is 13.8 Å². The van der Waals surface area contributed by atoms with E-state index in [1.165, 1.54) is 17.0 Å². The molecular weight excluding hydrogens is 336 g/mol. The van der Waals surface area contributed by atoms with Crippen molar-refractivity contribution in [3.05, 3.63) is 40.4 Å². The molecule has 2 heterocycles. The van der Waals surface area contributed by atoms with E-state index in [9.17, 15) is 18.4 Å². The molecule has 0 unspecified atom stereocenters. The average Bonchev–Trinajstić information content (AvgIpc) is 2.55. The Morgan fingerprint density at radius 1 is 1.36 bits per heavy atom. The number of benzene rings is 1. The molecule has 0 aliphatic carbocycles. The largest absolute Gasteiger partial charge is 0.514 e.